The lowest BCUT2D eigenvalue weighted by molar-refractivity contribution is 0.310. The summed E-state index contributed by atoms with van der Waals surface area (Å²) in [6.45, 7) is 0.745. The highest BCUT2D eigenvalue weighted by Crippen LogP contribution is 2.34. The summed E-state index contributed by atoms with van der Waals surface area (Å²) in [7, 11) is 0. The summed E-state index contributed by atoms with van der Waals surface area (Å²) in [5.74, 6) is 6.29. The Kier molecular flexibility index (Phi) is 5.59. The van der Waals surface area contributed by atoms with Gasteiger partial charge in [0.15, 0.2) is 0 Å². The molecule has 0 amide bonds. The molecule has 0 atom stereocenters. The van der Waals surface area contributed by atoms with Crippen LogP contribution >= 0.6 is 46.1 Å². The molecule has 1 aromatic heterocycles. The maximum Gasteiger partial charge on any atom is 0.140 e. The minimum atomic E-state index is 0.350. The minimum absolute atomic E-state index is 0.350. The number of ether oxygens (including phenoxy) is 1. The zero-order chi connectivity index (χ0) is 14.5. The topological polar surface area (TPSA) is 35.2 Å². The lowest BCUT2D eigenvalue weighted by atomic mass is 10.3. The van der Waals surface area contributed by atoms with Crippen molar-refractivity contribution in [2.24, 2.45) is 5.73 Å². The van der Waals surface area contributed by atoms with Gasteiger partial charge in [0.2, 0.25) is 0 Å². The van der Waals surface area contributed by atoms with Gasteiger partial charge in [-0.3, -0.25) is 0 Å². The molecule has 0 aliphatic carbocycles. The molecule has 0 fully saturated rings. The summed E-state index contributed by atoms with van der Waals surface area (Å²) in [5.41, 5.74) is 5.33. The predicted molar refractivity (Wildman–Crippen MR) is 86.1 cm³/mol. The highest BCUT2D eigenvalue weighted by molar-refractivity contribution is 7.12. The van der Waals surface area contributed by atoms with E-state index in [0.29, 0.717) is 34.0 Å². The molecule has 0 aliphatic rings. The first-order chi connectivity index (χ1) is 9.60. The highest BCUT2D eigenvalue weighted by Gasteiger charge is 2.08. The third-order valence-corrected chi connectivity index (χ3v) is 4.31. The van der Waals surface area contributed by atoms with Gasteiger partial charge in [-0.1, -0.05) is 46.6 Å². The van der Waals surface area contributed by atoms with Crippen LogP contribution in [0.4, 0.5) is 0 Å². The van der Waals surface area contributed by atoms with Crippen LogP contribution in [0.15, 0.2) is 24.3 Å². The van der Waals surface area contributed by atoms with Crippen LogP contribution in [-0.2, 0) is 6.61 Å². The second-order valence-electron chi connectivity index (χ2n) is 3.76. The summed E-state index contributed by atoms with van der Waals surface area (Å²) >= 11 is 19.4. The first-order valence-electron chi connectivity index (χ1n) is 5.65. The normalized spacial score (nSPS) is 10.0. The molecule has 0 spiro atoms. The standard InChI is InChI=1S/C14H10Cl3NOS/c15-11-6-13(17)14(7-12(11)16)19-8-10-4-3-9(20-10)2-1-5-18/h3-4,6-7H,5,8,18H2. The average Bonchev–Trinajstić information content (AvgIpc) is 2.87. The van der Waals surface area contributed by atoms with E-state index in [9.17, 15) is 0 Å². The summed E-state index contributed by atoms with van der Waals surface area (Å²) in [5, 5.41) is 1.24. The van der Waals surface area contributed by atoms with E-state index in [2.05, 4.69) is 11.8 Å². The Balaban J connectivity index is 2.05. The van der Waals surface area contributed by atoms with Crippen molar-refractivity contribution in [2.45, 2.75) is 6.61 Å². The zero-order valence-electron chi connectivity index (χ0n) is 10.3. The minimum Gasteiger partial charge on any atom is -0.486 e. The number of hydrogen-bond donors (Lipinski definition) is 1. The summed E-state index contributed by atoms with van der Waals surface area (Å²) in [6, 6.07) is 7.06. The van der Waals surface area contributed by atoms with Gasteiger partial charge in [0.05, 0.1) is 26.5 Å². The van der Waals surface area contributed by atoms with E-state index >= 15 is 0 Å². The van der Waals surface area contributed by atoms with Gasteiger partial charge in [-0.05, 0) is 18.2 Å². The molecule has 1 aromatic carbocycles. The van der Waals surface area contributed by atoms with Crippen LogP contribution in [0.3, 0.4) is 0 Å². The molecule has 0 saturated heterocycles. The van der Waals surface area contributed by atoms with Crippen molar-refractivity contribution in [2.75, 3.05) is 6.54 Å². The van der Waals surface area contributed by atoms with Crippen molar-refractivity contribution in [3.8, 4) is 17.6 Å². The molecule has 20 heavy (non-hydrogen) atoms. The first-order valence-corrected chi connectivity index (χ1v) is 7.60. The van der Waals surface area contributed by atoms with E-state index in [1.54, 1.807) is 23.5 Å². The fraction of sp³-hybridized carbons (Fsp3) is 0.143. The summed E-state index contributed by atoms with van der Waals surface area (Å²) < 4.78 is 5.64. The Morgan fingerprint density at radius 2 is 1.85 bits per heavy atom. The van der Waals surface area contributed by atoms with Crippen LogP contribution in [0, 0.1) is 11.8 Å². The van der Waals surface area contributed by atoms with Gasteiger partial charge in [-0.25, -0.2) is 0 Å². The van der Waals surface area contributed by atoms with Crippen LogP contribution in [0.25, 0.3) is 0 Å². The van der Waals surface area contributed by atoms with Gasteiger partial charge in [0.25, 0.3) is 0 Å². The molecule has 0 bridgehead atoms. The van der Waals surface area contributed by atoms with E-state index in [4.69, 9.17) is 45.3 Å². The average molecular weight is 347 g/mol. The van der Waals surface area contributed by atoms with Gasteiger partial charge in [-0.2, -0.15) is 0 Å². The second kappa shape index (κ2) is 7.21. The molecular formula is C14H10Cl3NOS. The molecule has 104 valence electrons. The number of halogens is 3. The molecule has 0 aliphatic heterocycles. The maximum absolute atomic E-state index is 6.04. The Bertz CT molecular complexity index is 673. The van der Waals surface area contributed by atoms with Crippen LogP contribution in [0.2, 0.25) is 15.1 Å². The Labute approximate surface area is 136 Å². The van der Waals surface area contributed by atoms with Crippen LogP contribution in [-0.4, -0.2) is 6.54 Å². The molecule has 0 saturated carbocycles. The van der Waals surface area contributed by atoms with Crippen molar-refractivity contribution >= 4 is 46.1 Å². The molecule has 6 heteroatoms. The number of hydrogen-bond acceptors (Lipinski definition) is 3. The third kappa shape index (κ3) is 4.05. The molecule has 2 N–H and O–H groups in total. The SMILES string of the molecule is NCC#Cc1ccc(COc2cc(Cl)c(Cl)cc2Cl)s1. The largest absolute Gasteiger partial charge is 0.486 e. The van der Waals surface area contributed by atoms with E-state index in [-0.39, 0.29) is 0 Å². The fourth-order valence-corrected chi connectivity index (χ4v) is 2.81. The van der Waals surface area contributed by atoms with E-state index in [1.165, 1.54) is 0 Å². The number of rotatable bonds is 3. The van der Waals surface area contributed by atoms with Gasteiger partial charge in [0.1, 0.15) is 12.4 Å². The molecule has 0 radical (unpaired) electrons. The van der Waals surface area contributed by atoms with Gasteiger partial charge < -0.3 is 10.5 Å². The van der Waals surface area contributed by atoms with Crippen molar-refractivity contribution in [3.05, 3.63) is 49.1 Å². The summed E-state index contributed by atoms with van der Waals surface area (Å²) in [6.07, 6.45) is 0. The quantitative estimate of drug-likeness (QED) is 0.651. The fourth-order valence-electron chi connectivity index (χ4n) is 1.42. The van der Waals surface area contributed by atoms with Gasteiger partial charge in [-0.15, -0.1) is 11.3 Å². The molecule has 2 rings (SSSR count). The molecule has 2 aromatic rings. The monoisotopic (exact) mass is 345 g/mol. The maximum atomic E-state index is 6.04. The number of benzene rings is 1. The lowest BCUT2D eigenvalue weighted by Crippen LogP contribution is -1.93. The number of thiophene rings is 1. The highest BCUT2D eigenvalue weighted by atomic mass is 35.5. The van der Waals surface area contributed by atoms with Gasteiger partial charge in [0, 0.05) is 10.9 Å². The summed E-state index contributed by atoms with van der Waals surface area (Å²) in [4.78, 5) is 1.99. The van der Waals surface area contributed by atoms with Crippen molar-refractivity contribution < 1.29 is 4.74 Å². The predicted octanol–water partition coefficient (Wildman–Crippen LogP) is 4.60. The molecule has 2 nitrogen and oxygen atoms in total. The van der Waals surface area contributed by atoms with Crippen molar-refractivity contribution in [1.82, 2.24) is 0 Å². The van der Waals surface area contributed by atoms with Gasteiger partial charge >= 0.3 is 0 Å². The second-order valence-corrected chi connectivity index (χ2v) is 6.15. The Morgan fingerprint density at radius 3 is 2.60 bits per heavy atom. The van der Waals surface area contributed by atoms with E-state index < -0.39 is 0 Å². The van der Waals surface area contributed by atoms with E-state index in [0.717, 1.165) is 9.75 Å². The Morgan fingerprint density at radius 1 is 1.10 bits per heavy atom. The van der Waals surface area contributed by atoms with E-state index in [1.807, 2.05) is 12.1 Å². The van der Waals surface area contributed by atoms with Crippen LogP contribution < -0.4 is 10.5 Å². The van der Waals surface area contributed by atoms with Crippen LogP contribution in [0.1, 0.15) is 9.75 Å². The molecular weight excluding hydrogens is 337 g/mol. The molecule has 1 heterocycles. The van der Waals surface area contributed by atoms with Crippen molar-refractivity contribution in [1.29, 1.82) is 0 Å². The zero-order valence-corrected chi connectivity index (χ0v) is 13.3. The third-order valence-electron chi connectivity index (χ3n) is 2.32. The first kappa shape index (κ1) is 15.5. The molecule has 0 unspecified atom stereocenters. The lowest BCUT2D eigenvalue weighted by Gasteiger charge is -2.08. The Hall–Kier alpha value is -0.890. The smallest absolute Gasteiger partial charge is 0.140 e. The van der Waals surface area contributed by atoms with Crippen LogP contribution in [0.5, 0.6) is 5.75 Å². The number of nitrogens with two attached hydrogens (primary N) is 1. The van der Waals surface area contributed by atoms with Crippen molar-refractivity contribution in [3.63, 3.8) is 0 Å².